The lowest BCUT2D eigenvalue weighted by atomic mass is 10.1. The summed E-state index contributed by atoms with van der Waals surface area (Å²) in [5.74, 6) is -0.585. The Hall–Kier alpha value is -2.69. The summed E-state index contributed by atoms with van der Waals surface area (Å²) in [6.45, 7) is 4.43. The van der Waals surface area contributed by atoms with Crippen molar-refractivity contribution in [2.24, 2.45) is 0 Å². The van der Waals surface area contributed by atoms with Crippen LogP contribution >= 0.6 is 0 Å². The van der Waals surface area contributed by atoms with Gasteiger partial charge in [0.1, 0.15) is 5.52 Å². The molecule has 1 aliphatic carbocycles. The van der Waals surface area contributed by atoms with Crippen LogP contribution in [0.4, 0.5) is 0 Å². The Kier molecular flexibility index (Phi) is 5.86. The molecular formula is C18H21N3O2. The van der Waals surface area contributed by atoms with Gasteiger partial charge >= 0.3 is 0 Å². The number of hydrogen-bond donors (Lipinski definition) is 2. The molecule has 2 aromatic heterocycles. The first kappa shape index (κ1) is 16.7. The number of rotatable bonds is 3. The number of nitrogens with zero attached hydrogens (tertiary/aromatic N) is 2. The number of allylic oxidation sites excluding steroid dienone is 2. The molecule has 0 fully saturated rings. The van der Waals surface area contributed by atoms with Crippen LogP contribution < -0.4 is 5.32 Å². The summed E-state index contributed by atoms with van der Waals surface area (Å²) in [5, 5.41) is 13.6. The van der Waals surface area contributed by atoms with Crippen molar-refractivity contribution in [2.45, 2.75) is 26.7 Å². The Morgan fingerprint density at radius 3 is 2.87 bits per heavy atom. The van der Waals surface area contributed by atoms with Gasteiger partial charge in [0.15, 0.2) is 11.4 Å². The predicted octanol–water partition coefficient (Wildman–Crippen LogP) is 3.37. The van der Waals surface area contributed by atoms with Crippen molar-refractivity contribution in [2.75, 3.05) is 6.54 Å². The largest absolute Gasteiger partial charge is 0.504 e. The van der Waals surface area contributed by atoms with E-state index in [2.05, 4.69) is 27.4 Å². The van der Waals surface area contributed by atoms with Crippen LogP contribution in [0.3, 0.4) is 0 Å². The number of carbonyl (C=O) groups is 1. The highest BCUT2D eigenvalue weighted by molar-refractivity contribution is 6.00. The van der Waals surface area contributed by atoms with E-state index in [1.54, 1.807) is 18.3 Å². The van der Waals surface area contributed by atoms with Crippen LogP contribution in [0.5, 0.6) is 5.75 Å². The van der Waals surface area contributed by atoms with E-state index in [-0.39, 0.29) is 11.4 Å². The number of aromatic nitrogens is 2. The summed E-state index contributed by atoms with van der Waals surface area (Å²) in [7, 11) is 0. The highest BCUT2D eigenvalue weighted by atomic mass is 16.3. The molecule has 0 aromatic carbocycles. The van der Waals surface area contributed by atoms with Gasteiger partial charge in [-0.25, -0.2) is 4.98 Å². The fourth-order valence-corrected chi connectivity index (χ4v) is 2.26. The Morgan fingerprint density at radius 2 is 2.13 bits per heavy atom. The van der Waals surface area contributed by atoms with E-state index in [0.29, 0.717) is 17.4 Å². The number of aromatic hydroxyl groups is 1. The van der Waals surface area contributed by atoms with E-state index in [1.807, 2.05) is 19.9 Å². The average molecular weight is 311 g/mol. The summed E-state index contributed by atoms with van der Waals surface area (Å²) in [6, 6.07) is 3.54. The quantitative estimate of drug-likeness (QED) is 0.911. The first-order chi connectivity index (χ1) is 11.3. The van der Waals surface area contributed by atoms with Crippen LogP contribution in [0.1, 0.15) is 37.2 Å². The summed E-state index contributed by atoms with van der Waals surface area (Å²) >= 11 is 0. The number of fused-ring (bicyclic) bond motifs is 1. The number of carbonyl (C=O) groups excluding carboxylic acids is 1. The SMILES string of the molecule is CC.O=C(NCC1=CCCC=C1)c1ncc2cccnc2c1O. The van der Waals surface area contributed by atoms with E-state index in [0.717, 1.165) is 18.4 Å². The number of nitrogens with one attached hydrogen (secondary N) is 1. The van der Waals surface area contributed by atoms with E-state index >= 15 is 0 Å². The van der Waals surface area contributed by atoms with Gasteiger partial charge in [-0.1, -0.05) is 32.1 Å². The Morgan fingerprint density at radius 1 is 1.30 bits per heavy atom. The topological polar surface area (TPSA) is 75.1 Å². The van der Waals surface area contributed by atoms with Gasteiger partial charge in [-0.15, -0.1) is 0 Å². The normalized spacial score (nSPS) is 13.0. The molecule has 0 unspecified atom stereocenters. The Labute approximate surface area is 135 Å². The average Bonchev–Trinajstić information content (AvgIpc) is 2.63. The monoisotopic (exact) mass is 311 g/mol. The molecule has 0 radical (unpaired) electrons. The molecule has 2 heterocycles. The van der Waals surface area contributed by atoms with Crippen molar-refractivity contribution in [1.82, 2.24) is 15.3 Å². The highest BCUT2D eigenvalue weighted by Gasteiger charge is 2.16. The molecule has 5 nitrogen and oxygen atoms in total. The van der Waals surface area contributed by atoms with E-state index in [9.17, 15) is 9.90 Å². The zero-order chi connectivity index (χ0) is 16.7. The van der Waals surface area contributed by atoms with Crippen molar-refractivity contribution >= 4 is 16.8 Å². The van der Waals surface area contributed by atoms with Crippen LogP contribution in [-0.2, 0) is 0 Å². The molecular weight excluding hydrogens is 290 g/mol. The molecule has 1 amide bonds. The number of hydrogen-bond acceptors (Lipinski definition) is 4. The molecule has 0 saturated heterocycles. The molecule has 23 heavy (non-hydrogen) atoms. The third-order valence-corrected chi connectivity index (χ3v) is 3.36. The van der Waals surface area contributed by atoms with Gasteiger partial charge in [-0.05, 0) is 30.5 Å². The summed E-state index contributed by atoms with van der Waals surface area (Å²) in [6.07, 6.45) is 11.3. The second kappa shape index (κ2) is 8.08. The minimum atomic E-state index is -0.403. The third kappa shape index (κ3) is 3.94. The van der Waals surface area contributed by atoms with Gasteiger partial charge in [0.2, 0.25) is 0 Å². The number of amides is 1. The van der Waals surface area contributed by atoms with Gasteiger partial charge in [0.25, 0.3) is 5.91 Å². The van der Waals surface area contributed by atoms with Gasteiger partial charge in [-0.3, -0.25) is 9.78 Å². The molecule has 0 saturated carbocycles. The van der Waals surface area contributed by atoms with E-state index in [4.69, 9.17) is 0 Å². The van der Waals surface area contributed by atoms with Crippen LogP contribution in [0.15, 0.2) is 48.3 Å². The molecule has 2 aromatic rings. The van der Waals surface area contributed by atoms with E-state index in [1.165, 1.54) is 6.20 Å². The fraction of sp³-hybridized carbons (Fsp3) is 0.278. The van der Waals surface area contributed by atoms with Crippen LogP contribution in [0, 0.1) is 0 Å². The first-order valence-electron chi connectivity index (χ1n) is 7.82. The lowest BCUT2D eigenvalue weighted by molar-refractivity contribution is 0.0949. The molecule has 120 valence electrons. The van der Waals surface area contributed by atoms with Crippen molar-refractivity contribution in [3.8, 4) is 5.75 Å². The molecule has 0 spiro atoms. The van der Waals surface area contributed by atoms with Gasteiger partial charge in [0.05, 0.1) is 0 Å². The molecule has 1 aliphatic rings. The van der Waals surface area contributed by atoms with Crippen LogP contribution in [0.25, 0.3) is 10.9 Å². The lowest BCUT2D eigenvalue weighted by Crippen LogP contribution is -2.26. The minimum Gasteiger partial charge on any atom is -0.504 e. The zero-order valence-electron chi connectivity index (χ0n) is 13.4. The standard InChI is InChI=1S/C16H15N3O2.C2H6/c20-15-13-12(7-4-8-17-13)10-18-14(15)16(21)19-9-11-5-2-1-3-6-11;1-2/h2,4-8,10,20H,1,3,9H2,(H,19,21);1-2H3. The zero-order valence-corrected chi connectivity index (χ0v) is 13.4. The van der Waals surface area contributed by atoms with E-state index < -0.39 is 5.91 Å². The molecule has 2 N–H and O–H groups in total. The highest BCUT2D eigenvalue weighted by Crippen LogP contribution is 2.24. The predicted molar refractivity (Wildman–Crippen MR) is 91.3 cm³/mol. The molecule has 5 heteroatoms. The fourth-order valence-electron chi connectivity index (χ4n) is 2.26. The molecule has 0 bridgehead atoms. The summed E-state index contributed by atoms with van der Waals surface area (Å²) < 4.78 is 0. The molecule has 3 rings (SSSR count). The van der Waals surface area contributed by atoms with Gasteiger partial charge in [0, 0.05) is 24.3 Å². The summed E-state index contributed by atoms with van der Waals surface area (Å²) in [5.41, 5.74) is 1.45. The maximum absolute atomic E-state index is 12.1. The molecule has 0 aliphatic heterocycles. The maximum atomic E-state index is 12.1. The second-order valence-corrected chi connectivity index (χ2v) is 4.84. The van der Waals surface area contributed by atoms with Gasteiger partial charge < -0.3 is 10.4 Å². The molecule has 0 atom stereocenters. The van der Waals surface area contributed by atoms with Gasteiger partial charge in [-0.2, -0.15) is 0 Å². The van der Waals surface area contributed by atoms with Crippen molar-refractivity contribution in [3.05, 3.63) is 54.0 Å². The van der Waals surface area contributed by atoms with Crippen molar-refractivity contribution < 1.29 is 9.90 Å². The van der Waals surface area contributed by atoms with Crippen LogP contribution in [0.2, 0.25) is 0 Å². The summed E-state index contributed by atoms with van der Waals surface area (Å²) in [4.78, 5) is 20.3. The second-order valence-electron chi connectivity index (χ2n) is 4.84. The number of pyridine rings is 2. The Balaban J connectivity index is 0.000000924. The smallest absolute Gasteiger partial charge is 0.274 e. The Bertz CT molecular complexity index is 751. The van der Waals surface area contributed by atoms with Crippen LogP contribution in [-0.4, -0.2) is 27.5 Å². The maximum Gasteiger partial charge on any atom is 0.274 e. The lowest BCUT2D eigenvalue weighted by Gasteiger charge is -2.10. The van der Waals surface area contributed by atoms with Crippen molar-refractivity contribution in [1.29, 1.82) is 0 Å². The van der Waals surface area contributed by atoms with Crippen molar-refractivity contribution in [3.63, 3.8) is 0 Å². The minimum absolute atomic E-state index is 0.00147. The first-order valence-corrected chi connectivity index (χ1v) is 7.82. The third-order valence-electron chi connectivity index (χ3n) is 3.36.